The molecule has 2 amide bonds. The highest BCUT2D eigenvalue weighted by molar-refractivity contribution is 5.76. The molecule has 0 spiro atoms. The lowest BCUT2D eigenvalue weighted by atomic mass is 10.1. The number of hydrogen-bond acceptors (Lipinski definition) is 1. The molecule has 0 aromatic rings. The molecule has 0 saturated carbocycles. The van der Waals surface area contributed by atoms with Crippen LogP contribution >= 0.6 is 0 Å². The van der Waals surface area contributed by atoms with E-state index >= 15 is 0 Å². The Kier molecular flexibility index (Phi) is 1.04. The second-order valence-electron chi connectivity index (χ2n) is 2.46. The van der Waals surface area contributed by atoms with Crippen molar-refractivity contribution in [3.8, 4) is 0 Å². The summed E-state index contributed by atoms with van der Waals surface area (Å²) in [6.07, 6.45) is 0. The molecule has 1 fully saturated rings. The number of rotatable bonds is 1. The quantitative estimate of drug-likeness (QED) is 0.527. The van der Waals surface area contributed by atoms with Crippen LogP contribution in [0.25, 0.3) is 0 Å². The lowest BCUT2D eigenvalue weighted by molar-refractivity contribution is 0.246. The van der Waals surface area contributed by atoms with Crippen molar-refractivity contribution in [3.05, 3.63) is 0 Å². The Labute approximate surface area is 57.6 Å². The molecule has 0 aromatic heterocycles. The van der Waals surface area contributed by atoms with Crippen LogP contribution in [-0.2, 0) is 0 Å². The summed E-state index contributed by atoms with van der Waals surface area (Å²) in [4.78, 5) is 10.7. The number of urea groups is 1. The normalized spacial score (nSPS) is 35.0. The monoisotopic (exact) mass is 130 g/mol. The number of carbonyl (C=O) groups excluding carboxylic acids is 1. The number of hydrogen-bond donors (Lipinski definition) is 2. The fraction of sp³-hybridized carbons (Fsp3) is 0.833. The van der Waals surface area contributed by atoms with E-state index in [1.807, 2.05) is 13.8 Å². The molecule has 1 aliphatic rings. The molecule has 3 heteroatoms. The third-order valence-corrected chi connectivity index (χ3v) is 1.29. The lowest BCUT2D eigenvalue weighted by Crippen LogP contribution is -2.30. The van der Waals surface area contributed by atoms with Crippen molar-refractivity contribution in [2.24, 2.45) is 5.92 Å². The molecule has 0 bridgehead atoms. The van der Waals surface area contributed by atoms with Crippen LogP contribution in [0.3, 0.4) is 0 Å². The first kappa shape index (κ1) is 4.14. The van der Waals surface area contributed by atoms with Crippen molar-refractivity contribution in [1.82, 2.24) is 10.6 Å². The van der Waals surface area contributed by atoms with Gasteiger partial charge < -0.3 is 10.6 Å². The van der Waals surface area contributed by atoms with Gasteiger partial charge in [0.15, 0.2) is 0 Å². The molecule has 1 unspecified atom stereocenters. The lowest BCUT2D eigenvalue weighted by Gasteiger charge is -2.10. The van der Waals surface area contributed by atoms with E-state index in [0.29, 0.717) is 0 Å². The Balaban J connectivity index is 2.74. The fourth-order valence-corrected chi connectivity index (χ4v) is 0.690. The first-order valence-corrected chi connectivity index (χ1v) is 3.02. The van der Waals surface area contributed by atoms with Gasteiger partial charge in [0.05, 0.1) is 8.78 Å². The minimum Gasteiger partial charge on any atom is -0.336 e. The van der Waals surface area contributed by atoms with Gasteiger partial charge in [0.25, 0.3) is 0 Å². The van der Waals surface area contributed by atoms with Gasteiger partial charge in [-0.05, 0) is 5.92 Å². The Morgan fingerprint density at radius 3 is 2.78 bits per heavy atom. The molecular weight excluding hydrogens is 116 g/mol. The van der Waals surface area contributed by atoms with Crippen LogP contribution < -0.4 is 10.6 Å². The SMILES string of the molecule is [2H]C1([2H])NC(=O)NC1C(C)C. The summed E-state index contributed by atoms with van der Waals surface area (Å²) in [6.45, 7) is 2.14. The van der Waals surface area contributed by atoms with E-state index in [1.54, 1.807) is 0 Å². The fourth-order valence-electron chi connectivity index (χ4n) is 0.690. The summed E-state index contributed by atoms with van der Waals surface area (Å²) >= 11 is 0. The predicted octanol–water partition coefficient (Wildman–Crippen LogP) is 0.324. The zero-order chi connectivity index (χ0) is 8.65. The van der Waals surface area contributed by atoms with Gasteiger partial charge in [-0.15, -0.1) is 0 Å². The van der Waals surface area contributed by atoms with E-state index in [4.69, 9.17) is 2.74 Å². The van der Waals surface area contributed by atoms with Crippen molar-refractivity contribution in [2.45, 2.75) is 19.9 Å². The first-order chi connectivity index (χ1) is 4.93. The molecule has 0 radical (unpaired) electrons. The van der Waals surface area contributed by atoms with Crippen LogP contribution in [0.5, 0.6) is 0 Å². The van der Waals surface area contributed by atoms with Crippen molar-refractivity contribution in [2.75, 3.05) is 6.50 Å². The van der Waals surface area contributed by atoms with Crippen molar-refractivity contribution < 1.29 is 7.54 Å². The Hall–Kier alpha value is -0.730. The van der Waals surface area contributed by atoms with Crippen LogP contribution in [0.15, 0.2) is 0 Å². The Morgan fingerprint density at radius 1 is 1.89 bits per heavy atom. The molecule has 3 nitrogen and oxygen atoms in total. The molecule has 0 aliphatic carbocycles. The summed E-state index contributed by atoms with van der Waals surface area (Å²) in [5.74, 6) is 0.101. The summed E-state index contributed by atoms with van der Waals surface area (Å²) in [5, 5.41) is 4.73. The highest BCUT2D eigenvalue weighted by Crippen LogP contribution is 2.02. The Morgan fingerprint density at radius 2 is 2.56 bits per heavy atom. The van der Waals surface area contributed by atoms with Gasteiger partial charge in [-0.2, -0.15) is 0 Å². The van der Waals surface area contributed by atoms with Gasteiger partial charge in [-0.25, -0.2) is 4.79 Å². The first-order valence-electron chi connectivity index (χ1n) is 4.02. The molecule has 1 aliphatic heterocycles. The summed E-state index contributed by atoms with van der Waals surface area (Å²) < 4.78 is 14.8. The maximum atomic E-state index is 10.7. The highest BCUT2D eigenvalue weighted by atomic mass is 16.2. The second-order valence-corrected chi connectivity index (χ2v) is 2.46. The summed E-state index contributed by atoms with van der Waals surface area (Å²) in [7, 11) is 0. The van der Waals surface area contributed by atoms with E-state index in [1.165, 1.54) is 0 Å². The molecule has 9 heavy (non-hydrogen) atoms. The molecule has 52 valence electrons. The topological polar surface area (TPSA) is 41.1 Å². The van der Waals surface area contributed by atoms with Crippen LogP contribution in [0, 0.1) is 5.92 Å². The summed E-state index contributed by atoms with van der Waals surface area (Å²) in [6, 6.07) is -0.844. The van der Waals surface area contributed by atoms with Gasteiger partial charge in [0.2, 0.25) is 0 Å². The zero-order valence-electron chi connectivity index (χ0n) is 7.56. The largest absolute Gasteiger partial charge is 0.336 e. The average molecular weight is 130 g/mol. The maximum absolute atomic E-state index is 10.7. The van der Waals surface area contributed by atoms with E-state index in [0.717, 1.165) is 0 Å². The minimum atomic E-state index is -1.61. The van der Waals surface area contributed by atoms with Crippen molar-refractivity contribution in [3.63, 3.8) is 0 Å². The Bertz CT molecular complexity index is 181. The number of nitrogens with one attached hydrogen (secondary N) is 2. The van der Waals surface area contributed by atoms with Crippen LogP contribution in [0.2, 0.25) is 0 Å². The van der Waals surface area contributed by atoms with E-state index in [2.05, 4.69) is 10.6 Å². The molecule has 1 saturated heterocycles. The minimum absolute atomic E-state index is 0.101. The highest BCUT2D eigenvalue weighted by Gasteiger charge is 2.21. The van der Waals surface area contributed by atoms with Crippen LogP contribution in [-0.4, -0.2) is 18.6 Å². The maximum Gasteiger partial charge on any atom is 0.315 e. The van der Waals surface area contributed by atoms with E-state index in [9.17, 15) is 4.79 Å². The molecular formula is C6H12N2O. The van der Waals surface area contributed by atoms with E-state index < -0.39 is 18.6 Å². The molecule has 2 N–H and O–H groups in total. The summed E-state index contributed by atoms with van der Waals surface area (Å²) in [5.41, 5.74) is 0. The second kappa shape index (κ2) is 2.25. The van der Waals surface area contributed by atoms with Crippen molar-refractivity contribution >= 4 is 6.03 Å². The number of amides is 2. The molecule has 1 rings (SSSR count). The zero-order valence-corrected chi connectivity index (χ0v) is 5.56. The van der Waals surface area contributed by atoms with Gasteiger partial charge in [0.1, 0.15) is 0 Å². The number of carbonyl (C=O) groups is 1. The van der Waals surface area contributed by atoms with Gasteiger partial charge >= 0.3 is 6.03 Å². The third kappa shape index (κ3) is 1.34. The van der Waals surface area contributed by atoms with Crippen LogP contribution in [0.4, 0.5) is 4.79 Å². The van der Waals surface area contributed by atoms with E-state index in [-0.39, 0.29) is 5.92 Å². The van der Waals surface area contributed by atoms with Gasteiger partial charge in [-0.1, -0.05) is 13.8 Å². The van der Waals surface area contributed by atoms with Crippen LogP contribution in [0.1, 0.15) is 16.6 Å². The molecule has 1 atom stereocenters. The smallest absolute Gasteiger partial charge is 0.315 e. The molecule has 1 heterocycles. The average Bonchev–Trinajstić information content (AvgIpc) is 2.04. The van der Waals surface area contributed by atoms with Gasteiger partial charge in [-0.3, -0.25) is 0 Å². The standard InChI is InChI=1S/C6H12N2O/c1-4(2)5-3-7-6(9)8-5/h4-5H,3H2,1-2H3,(H2,7,8,9)/i3D2. The molecule has 0 aromatic carbocycles. The van der Waals surface area contributed by atoms with Gasteiger partial charge in [0, 0.05) is 6.50 Å². The van der Waals surface area contributed by atoms with Crippen molar-refractivity contribution in [1.29, 1.82) is 0 Å². The third-order valence-electron chi connectivity index (χ3n) is 1.29. The predicted molar refractivity (Wildman–Crippen MR) is 35.2 cm³/mol.